The zero-order chi connectivity index (χ0) is 10.6. The Balaban J connectivity index is 2.46. The third-order valence-electron chi connectivity index (χ3n) is 3.35. The zero-order valence-corrected chi connectivity index (χ0v) is 9.59. The van der Waals surface area contributed by atoms with Crippen LogP contribution in [0.2, 0.25) is 0 Å². The molecule has 0 bridgehead atoms. The summed E-state index contributed by atoms with van der Waals surface area (Å²) in [4.78, 5) is 0. The van der Waals surface area contributed by atoms with Gasteiger partial charge < -0.3 is 5.32 Å². The van der Waals surface area contributed by atoms with Gasteiger partial charge >= 0.3 is 0 Å². The Kier molecular flexibility index (Phi) is 4.41. The first-order chi connectivity index (χ1) is 6.69. The first kappa shape index (κ1) is 11.5. The van der Waals surface area contributed by atoms with Gasteiger partial charge in [-0.2, -0.15) is 5.26 Å². The van der Waals surface area contributed by atoms with Crippen LogP contribution in [0.1, 0.15) is 46.5 Å². The van der Waals surface area contributed by atoms with E-state index in [1.807, 2.05) is 0 Å². The average Bonchev–Trinajstić information content (AvgIpc) is 2.60. The van der Waals surface area contributed by atoms with Gasteiger partial charge in [-0.3, -0.25) is 0 Å². The van der Waals surface area contributed by atoms with Crippen LogP contribution in [0.25, 0.3) is 0 Å². The normalized spacial score (nSPS) is 29.1. The van der Waals surface area contributed by atoms with Crippen molar-refractivity contribution in [1.82, 2.24) is 5.32 Å². The van der Waals surface area contributed by atoms with Gasteiger partial charge in [0.15, 0.2) is 0 Å². The topological polar surface area (TPSA) is 35.8 Å². The van der Waals surface area contributed by atoms with Crippen molar-refractivity contribution in [2.24, 2.45) is 11.8 Å². The van der Waals surface area contributed by atoms with Gasteiger partial charge in [-0.1, -0.05) is 27.2 Å². The van der Waals surface area contributed by atoms with Gasteiger partial charge in [-0.25, -0.2) is 0 Å². The lowest BCUT2D eigenvalue weighted by Gasteiger charge is -2.26. The number of rotatable bonds is 4. The van der Waals surface area contributed by atoms with Crippen LogP contribution in [0.4, 0.5) is 0 Å². The maximum atomic E-state index is 8.97. The summed E-state index contributed by atoms with van der Waals surface area (Å²) in [7, 11) is 0. The predicted molar refractivity (Wildman–Crippen MR) is 58.8 cm³/mol. The SMILES string of the molecule is CCC(NC1CCCC1C#N)C(C)C. The quantitative estimate of drug-likeness (QED) is 0.747. The van der Waals surface area contributed by atoms with E-state index in [1.165, 1.54) is 12.8 Å². The Morgan fingerprint density at radius 3 is 2.64 bits per heavy atom. The Morgan fingerprint density at radius 1 is 1.43 bits per heavy atom. The molecule has 0 saturated heterocycles. The maximum absolute atomic E-state index is 8.97. The van der Waals surface area contributed by atoms with Crippen LogP contribution in [0.3, 0.4) is 0 Å². The predicted octanol–water partition coefficient (Wildman–Crippen LogP) is 2.70. The highest BCUT2D eigenvalue weighted by Crippen LogP contribution is 2.26. The molecule has 1 rings (SSSR count). The second-order valence-electron chi connectivity index (χ2n) is 4.70. The first-order valence-electron chi connectivity index (χ1n) is 5.84. The largest absolute Gasteiger partial charge is 0.310 e. The molecule has 1 aliphatic carbocycles. The van der Waals surface area contributed by atoms with E-state index in [9.17, 15) is 0 Å². The van der Waals surface area contributed by atoms with E-state index in [2.05, 4.69) is 32.2 Å². The molecule has 0 aromatic carbocycles. The molecule has 80 valence electrons. The third kappa shape index (κ3) is 2.72. The molecule has 3 unspecified atom stereocenters. The number of nitrogens with zero attached hydrogens (tertiary/aromatic N) is 1. The van der Waals surface area contributed by atoms with Crippen LogP contribution < -0.4 is 5.32 Å². The van der Waals surface area contributed by atoms with Gasteiger partial charge in [-0.15, -0.1) is 0 Å². The van der Waals surface area contributed by atoms with E-state index in [-0.39, 0.29) is 5.92 Å². The molecule has 1 N–H and O–H groups in total. The van der Waals surface area contributed by atoms with Crippen LogP contribution in [0, 0.1) is 23.2 Å². The van der Waals surface area contributed by atoms with Crippen molar-refractivity contribution in [1.29, 1.82) is 5.26 Å². The Morgan fingerprint density at radius 2 is 2.14 bits per heavy atom. The van der Waals surface area contributed by atoms with E-state index in [0.29, 0.717) is 18.0 Å². The van der Waals surface area contributed by atoms with E-state index in [1.54, 1.807) is 0 Å². The van der Waals surface area contributed by atoms with Gasteiger partial charge in [0.05, 0.1) is 12.0 Å². The molecule has 1 fully saturated rings. The van der Waals surface area contributed by atoms with E-state index >= 15 is 0 Å². The molecule has 0 aliphatic heterocycles. The summed E-state index contributed by atoms with van der Waals surface area (Å²) in [6, 6.07) is 3.45. The van der Waals surface area contributed by atoms with Crippen LogP contribution in [0.5, 0.6) is 0 Å². The van der Waals surface area contributed by atoms with Crippen LogP contribution in [-0.4, -0.2) is 12.1 Å². The van der Waals surface area contributed by atoms with Crippen molar-refractivity contribution < 1.29 is 0 Å². The summed E-state index contributed by atoms with van der Waals surface area (Å²) in [5.41, 5.74) is 0. The highest BCUT2D eigenvalue weighted by Gasteiger charge is 2.28. The van der Waals surface area contributed by atoms with Crippen molar-refractivity contribution in [3.05, 3.63) is 0 Å². The molecule has 0 aromatic rings. The summed E-state index contributed by atoms with van der Waals surface area (Å²) in [6.07, 6.45) is 4.64. The van der Waals surface area contributed by atoms with Crippen LogP contribution in [-0.2, 0) is 0 Å². The molecular formula is C12H22N2. The van der Waals surface area contributed by atoms with Crippen molar-refractivity contribution in [3.8, 4) is 6.07 Å². The fourth-order valence-corrected chi connectivity index (χ4v) is 2.37. The summed E-state index contributed by atoms with van der Waals surface area (Å²) >= 11 is 0. The molecule has 2 nitrogen and oxygen atoms in total. The summed E-state index contributed by atoms with van der Waals surface area (Å²) in [5.74, 6) is 0.919. The molecule has 3 atom stereocenters. The van der Waals surface area contributed by atoms with Crippen molar-refractivity contribution in [2.45, 2.75) is 58.5 Å². The molecule has 14 heavy (non-hydrogen) atoms. The number of hydrogen-bond acceptors (Lipinski definition) is 2. The van der Waals surface area contributed by atoms with Crippen molar-refractivity contribution in [3.63, 3.8) is 0 Å². The Bertz CT molecular complexity index is 205. The average molecular weight is 194 g/mol. The first-order valence-corrected chi connectivity index (χ1v) is 5.84. The van der Waals surface area contributed by atoms with Gasteiger partial charge in [0.2, 0.25) is 0 Å². The minimum absolute atomic E-state index is 0.253. The monoisotopic (exact) mass is 194 g/mol. The molecule has 0 spiro atoms. The highest BCUT2D eigenvalue weighted by molar-refractivity contribution is 4.97. The summed E-state index contributed by atoms with van der Waals surface area (Å²) in [5, 5.41) is 12.6. The molecule has 0 radical (unpaired) electrons. The van der Waals surface area contributed by atoms with Gasteiger partial charge in [-0.05, 0) is 25.2 Å². The molecule has 1 saturated carbocycles. The lowest BCUT2D eigenvalue weighted by molar-refractivity contribution is 0.325. The second-order valence-corrected chi connectivity index (χ2v) is 4.70. The zero-order valence-electron chi connectivity index (χ0n) is 9.59. The van der Waals surface area contributed by atoms with Gasteiger partial charge in [0.1, 0.15) is 0 Å². The highest BCUT2D eigenvalue weighted by atomic mass is 15.0. The third-order valence-corrected chi connectivity index (χ3v) is 3.35. The number of nitrogens with one attached hydrogen (secondary N) is 1. The Hall–Kier alpha value is -0.550. The van der Waals surface area contributed by atoms with E-state index in [4.69, 9.17) is 5.26 Å². The molecule has 2 heteroatoms. The van der Waals surface area contributed by atoms with Crippen molar-refractivity contribution in [2.75, 3.05) is 0 Å². The minimum Gasteiger partial charge on any atom is -0.310 e. The molecule has 0 amide bonds. The summed E-state index contributed by atoms with van der Waals surface area (Å²) in [6.45, 7) is 6.71. The van der Waals surface area contributed by atoms with E-state index in [0.717, 1.165) is 12.8 Å². The number of nitriles is 1. The smallest absolute Gasteiger partial charge is 0.0672 e. The van der Waals surface area contributed by atoms with Gasteiger partial charge in [0, 0.05) is 12.1 Å². The van der Waals surface area contributed by atoms with Crippen LogP contribution >= 0.6 is 0 Å². The second kappa shape index (κ2) is 5.36. The standard InChI is InChI=1S/C12H22N2/c1-4-11(9(2)3)14-12-7-5-6-10(12)8-13/h9-12,14H,4-7H2,1-3H3. The van der Waals surface area contributed by atoms with E-state index < -0.39 is 0 Å². The molecule has 0 aromatic heterocycles. The summed E-state index contributed by atoms with van der Waals surface area (Å²) < 4.78 is 0. The fraction of sp³-hybridized carbons (Fsp3) is 0.917. The fourth-order valence-electron chi connectivity index (χ4n) is 2.37. The lowest BCUT2D eigenvalue weighted by atomic mass is 9.98. The van der Waals surface area contributed by atoms with Crippen molar-refractivity contribution >= 4 is 0 Å². The minimum atomic E-state index is 0.253. The molecule has 0 heterocycles. The Labute approximate surface area is 87.7 Å². The molecular weight excluding hydrogens is 172 g/mol. The lowest BCUT2D eigenvalue weighted by Crippen LogP contribution is -2.42. The number of hydrogen-bond donors (Lipinski definition) is 1. The molecule has 1 aliphatic rings. The van der Waals surface area contributed by atoms with Crippen LogP contribution in [0.15, 0.2) is 0 Å². The maximum Gasteiger partial charge on any atom is 0.0672 e. The van der Waals surface area contributed by atoms with Gasteiger partial charge in [0.25, 0.3) is 0 Å².